The van der Waals surface area contributed by atoms with Crippen molar-refractivity contribution in [2.45, 2.75) is 37.2 Å². The number of hydrogen-bond acceptors (Lipinski definition) is 6. The molecule has 192 valence electrons. The molecular weight excluding hydrogens is 556 g/mol. The van der Waals surface area contributed by atoms with E-state index in [1.165, 1.54) is 33.6 Å². The molecule has 2 aromatic carbocycles. The summed E-state index contributed by atoms with van der Waals surface area (Å²) in [5.41, 5.74) is 4.19. The molecule has 1 saturated heterocycles. The monoisotopic (exact) mass is 582 g/mol. The van der Waals surface area contributed by atoms with Crippen molar-refractivity contribution in [3.8, 4) is 11.1 Å². The fourth-order valence-corrected chi connectivity index (χ4v) is 7.75. The van der Waals surface area contributed by atoms with Crippen LogP contribution in [0.5, 0.6) is 0 Å². The second-order valence-electron chi connectivity index (χ2n) is 10.3. The van der Waals surface area contributed by atoms with Crippen LogP contribution in [-0.4, -0.2) is 53.4 Å². The number of benzene rings is 2. The van der Waals surface area contributed by atoms with Crippen LogP contribution in [0.2, 0.25) is 0 Å². The minimum Gasteiger partial charge on any atom is -0.480 e. The number of aliphatic carboxylic acids is 1. The van der Waals surface area contributed by atoms with Gasteiger partial charge in [0.15, 0.2) is 0 Å². The van der Waals surface area contributed by atoms with Gasteiger partial charge in [0.25, 0.3) is 0 Å². The predicted molar refractivity (Wildman–Crippen MR) is 143 cm³/mol. The number of thiazole rings is 1. The number of amides is 1. The average Bonchev–Trinajstić information content (AvgIpc) is 3.46. The third-order valence-electron chi connectivity index (χ3n) is 8.08. The van der Waals surface area contributed by atoms with Crippen LogP contribution in [0.25, 0.3) is 11.1 Å². The SMILES string of the molecule is O=C(O)COC1(c2nc(Br)cs2)CC2(CCN(C(=O)OCC3c4ccccc4-c4ccccc43)CC2)C1. The molecule has 1 saturated carbocycles. The smallest absolute Gasteiger partial charge is 0.409 e. The second-order valence-corrected chi connectivity index (χ2v) is 12.0. The van der Waals surface area contributed by atoms with Crippen molar-refractivity contribution in [1.82, 2.24) is 9.88 Å². The number of piperidine rings is 1. The van der Waals surface area contributed by atoms with E-state index in [9.17, 15) is 14.7 Å². The van der Waals surface area contributed by atoms with Gasteiger partial charge in [0.05, 0.1) is 0 Å². The van der Waals surface area contributed by atoms with Crippen LogP contribution >= 0.6 is 27.3 Å². The van der Waals surface area contributed by atoms with Crippen LogP contribution in [-0.2, 0) is 19.9 Å². The quantitative estimate of drug-likeness (QED) is 0.382. The van der Waals surface area contributed by atoms with Crippen LogP contribution in [0.4, 0.5) is 4.79 Å². The lowest BCUT2D eigenvalue weighted by Crippen LogP contribution is -2.56. The van der Waals surface area contributed by atoms with Gasteiger partial charge in [-0.1, -0.05) is 48.5 Å². The van der Waals surface area contributed by atoms with Crippen LogP contribution in [0, 0.1) is 5.41 Å². The molecule has 0 bridgehead atoms. The topological polar surface area (TPSA) is 89.0 Å². The number of hydrogen-bond donors (Lipinski definition) is 1. The van der Waals surface area contributed by atoms with Gasteiger partial charge in [0.1, 0.15) is 28.4 Å². The van der Waals surface area contributed by atoms with Gasteiger partial charge in [-0.15, -0.1) is 11.3 Å². The lowest BCUT2D eigenvalue weighted by atomic mass is 9.55. The Morgan fingerprint density at radius 3 is 2.24 bits per heavy atom. The van der Waals surface area contributed by atoms with Crippen LogP contribution < -0.4 is 0 Å². The first kappa shape index (κ1) is 24.6. The summed E-state index contributed by atoms with van der Waals surface area (Å²) >= 11 is 4.88. The number of rotatable bonds is 6. The Hall–Kier alpha value is -2.75. The Labute approximate surface area is 227 Å². The highest BCUT2D eigenvalue weighted by atomic mass is 79.9. The molecule has 9 heteroatoms. The Morgan fingerprint density at radius 1 is 1.05 bits per heavy atom. The minimum atomic E-state index is -0.985. The van der Waals surface area contributed by atoms with E-state index in [2.05, 4.69) is 45.2 Å². The molecular formula is C28H27BrN2O5S. The van der Waals surface area contributed by atoms with Crippen molar-refractivity contribution in [2.24, 2.45) is 5.41 Å². The lowest BCUT2D eigenvalue weighted by Gasteiger charge is -2.57. The summed E-state index contributed by atoms with van der Waals surface area (Å²) in [4.78, 5) is 30.6. The van der Waals surface area contributed by atoms with Gasteiger partial charge >= 0.3 is 12.1 Å². The first-order valence-electron chi connectivity index (χ1n) is 12.5. The van der Waals surface area contributed by atoms with Gasteiger partial charge in [0, 0.05) is 24.4 Å². The maximum atomic E-state index is 13.0. The number of fused-ring (bicyclic) bond motifs is 3. The molecule has 6 rings (SSSR count). The number of halogens is 1. The molecule has 3 aliphatic rings. The predicted octanol–water partition coefficient (Wildman–Crippen LogP) is 6.03. The van der Waals surface area contributed by atoms with E-state index in [1.54, 1.807) is 4.90 Å². The molecule has 2 aliphatic carbocycles. The fraction of sp³-hybridized carbons (Fsp3) is 0.393. The number of ether oxygens (including phenoxy) is 2. The number of nitrogens with zero attached hydrogens (tertiary/aromatic N) is 2. The van der Waals surface area contributed by atoms with E-state index in [4.69, 9.17) is 9.47 Å². The molecule has 37 heavy (non-hydrogen) atoms. The Morgan fingerprint density at radius 2 is 1.68 bits per heavy atom. The number of aromatic nitrogens is 1. The summed E-state index contributed by atoms with van der Waals surface area (Å²) in [6, 6.07) is 16.7. The molecule has 1 aliphatic heterocycles. The number of carbonyl (C=O) groups excluding carboxylic acids is 1. The van der Waals surface area contributed by atoms with Crippen molar-refractivity contribution >= 4 is 39.3 Å². The molecule has 0 atom stereocenters. The zero-order valence-electron chi connectivity index (χ0n) is 20.2. The largest absolute Gasteiger partial charge is 0.480 e. The normalized spacial score (nSPS) is 19.2. The molecule has 1 N–H and O–H groups in total. The van der Waals surface area contributed by atoms with E-state index >= 15 is 0 Å². The Kier molecular flexibility index (Phi) is 6.33. The maximum Gasteiger partial charge on any atom is 0.409 e. The van der Waals surface area contributed by atoms with Gasteiger partial charge in [-0.3, -0.25) is 0 Å². The second kappa shape index (κ2) is 9.53. The van der Waals surface area contributed by atoms with E-state index in [0.29, 0.717) is 32.5 Å². The summed E-state index contributed by atoms with van der Waals surface area (Å²) < 4.78 is 12.5. The number of carboxylic acid groups (broad SMARTS) is 1. The average molecular weight is 584 g/mol. The molecule has 3 aromatic rings. The molecule has 7 nitrogen and oxygen atoms in total. The van der Waals surface area contributed by atoms with Crippen molar-refractivity contribution in [2.75, 3.05) is 26.3 Å². The van der Waals surface area contributed by atoms with Crippen molar-refractivity contribution in [3.63, 3.8) is 0 Å². The lowest BCUT2D eigenvalue weighted by molar-refractivity contribution is -0.198. The zero-order chi connectivity index (χ0) is 25.6. The van der Waals surface area contributed by atoms with Crippen molar-refractivity contribution in [3.05, 3.63) is 74.6 Å². The summed E-state index contributed by atoms with van der Waals surface area (Å²) in [5.74, 6) is -0.940. The Balaban J connectivity index is 1.07. The van der Waals surface area contributed by atoms with Crippen LogP contribution in [0.1, 0.15) is 47.7 Å². The van der Waals surface area contributed by atoms with Gasteiger partial charge in [-0.2, -0.15) is 0 Å². The highest BCUT2D eigenvalue weighted by Gasteiger charge is 2.59. The highest BCUT2D eigenvalue weighted by Crippen LogP contribution is 2.61. The summed E-state index contributed by atoms with van der Waals surface area (Å²) in [6.45, 7) is 1.21. The molecule has 0 unspecified atom stereocenters. The van der Waals surface area contributed by atoms with E-state index in [1.807, 2.05) is 29.6 Å². The Bertz CT molecular complexity index is 1300. The van der Waals surface area contributed by atoms with E-state index in [-0.39, 0.29) is 24.0 Å². The minimum absolute atomic E-state index is 0.0246. The molecule has 2 fully saturated rings. The fourth-order valence-electron chi connectivity index (χ4n) is 6.34. The van der Waals surface area contributed by atoms with Gasteiger partial charge in [-0.05, 0) is 69.3 Å². The van der Waals surface area contributed by atoms with Gasteiger partial charge in [-0.25, -0.2) is 14.6 Å². The zero-order valence-corrected chi connectivity index (χ0v) is 22.6. The third kappa shape index (κ3) is 4.47. The number of carboxylic acids is 1. The molecule has 1 spiro atoms. The standard InChI is InChI=1S/C28H27BrN2O5S/c29-23-15-37-25(30-23)28(36-14-24(32)33)16-27(17-28)9-11-31(12-10-27)26(34)35-13-22-20-7-3-1-5-18(20)19-6-2-4-8-21(19)22/h1-8,15,22H,9-14,16-17H2,(H,32,33). The van der Waals surface area contributed by atoms with Crippen LogP contribution in [0.15, 0.2) is 58.5 Å². The van der Waals surface area contributed by atoms with Crippen molar-refractivity contribution in [1.29, 1.82) is 0 Å². The van der Waals surface area contributed by atoms with Gasteiger partial charge in [0.2, 0.25) is 0 Å². The molecule has 1 amide bonds. The summed E-state index contributed by atoms with van der Waals surface area (Å²) in [7, 11) is 0. The molecule has 2 heterocycles. The van der Waals surface area contributed by atoms with Crippen molar-refractivity contribution < 1.29 is 24.2 Å². The first-order valence-corrected chi connectivity index (χ1v) is 14.1. The number of carbonyl (C=O) groups is 2. The third-order valence-corrected chi connectivity index (χ3v) is 9.81. The highest BCUT2D eigenvalue weighted by molar-refractivity contribution is 9.10. The first-order chi connectivity index (χ1) is 17.9. The van der Waals surface area contributed by atoms with E-state index < -0.39 is 11.6 Å². The molecule has 0 radical (unpaired) electrons. The maximum absolute atomic E-state index is 13.0. The summed E-state index contributed by atoms with van der Waals surface area (Å²) in [6.07, 6.45) is 2.83. The molecule has 1 aromatic heterocycles. The van der Waals surface area contributed by atoms with Gasteiger partial charge < -0.3 is 19.5 Å². The number of likely N-dealkylation sites (tertiary alicyclic amines) is 1. The van der Waals surface area contributed by atoms with E-state index in [0.717, 1.165) is 22.5 Å². The van der Waals surface area contributed by atoms with Crippen LogP contribution in [0.3, 0.4) is 0 Å². The summed E-state index contributed by atoms with van der Waals surface area (Å²) in [5, 5.41) is 11.9.